The number of hydrogen-bond acceptors (Lipinski definition) is 4. The minimum Gasteiger partial charge on any atom is -0.314 e. The van der Waals surface area contributed by atoms with E-state index in [4.69, 9.17) is 0 Å². The second-order valence-corrected chi connectivity index (χ2v) is 8.05. The number of hydrogen-bond donors (Lipinski definition) is 1. The van der Waals surface area contributed by atoms with Crippen LogP contribution in [0.25, 0.3) is 0 Å². The third-order valence-corrected chi connectivity index (χ3v) is 6.13. The molecule has 2 aliphatic heterocycles. The van der Waals surface area contributed by atoms with Gasteiger partial charge in [-0.25, -0.2) is 8.42 Å². The van der Waals surface area contributed by atoms with Crippen LogP contribution in [0.3, 0.4) is 0 Å². The summed E-state index contributed by atoms with van der Waals surface area (Å²) in [6.45, 7) is 6.60. The molecule has 2 saturated heterocycles. The molecular formula is C13H26N2O2S. The second-order valence-electron chi connectivity index (χ2n) is 5.75. The summed E-state index contributed by atoms with van der Waals surface area (Å²) in [5.74, 6) is 0.773. The van der Waals surface area contributed by atoms with E-state index in [0.29, 0.717) is 29.6 Å². The zero-order chi connectivity index (χ0) is 13.2. The third-order valence-electron chi connectivity index (χ3n) is 4.41. The van der Waals surface area contributed by atoms with Crippen LogP contribution in [0.1, 0.15) is 39.5 Å². The van der Waals surface area contributed by atoms with E-state index >= 15 is 0 Å². The molecule has 2 heterocycles. The molecule has 0 radical (unpaired) electrons. The van der Waals surface area contributed by atoms with E-state index in [1.54, 1.807) is 0 Å². The van der Waals surface area contributed by atoms with Gasteiger partial charge in [0.15, 0.2) is 0 Å². The lowest BCUT2D eigenvalue weighted by atomic mass is 9.95. The van der Waals surface area contributed by atoms with Crippen molar-refractivity contribution in [3.63, 3.8) is 0 Å². The zero-order valence-corrected chi connectivity index (χ0v) is 12.4. The average Bonchev–Trinajstić information content (AvgIpc) is 2.31. The van der Waals surface area contributed by atoms with Crippen LogP contribution in [0.4, 0.5) is 0 Å². The van der Waals surface area contributed by atoms with Crippen LogP contribution in [0.2, 0.25) is 0 Å². The van der Waals surface area contributed by atoms with Crippen LogP contribution in [-0.2, 0) is 9.84 Å². The van der Waals surface area contributed by atoms with Gasteiger partial charge < -0.3 is 5.32 Å². The summed E-state index contributed by atoms with van der Waals surface area (Å²) >= 11 is 0. The first-order chi connectivity index (χ1) is 8.52. The maximum atomic E-state index is 11.5. The fraction of sp³-hybridized carbons (Fsp3) is 1.00. The van der Waals surface area contributed by atoms with Crippen molar-refractivity contribution in [2.75, 3.05) is 24.6 Å². The molecule has 0 aromatic heterocycles. The molecule has 2 unspecified atom stereocenters. The Balaban J connectivity index is 1.87. The number of nitrogens with zero attached hydrogens (tertiary/aromatic N) is 1. The molecule has 2 aliphatic rings. The number of likely N-dealkylation sites (tertiary alicyclic amines) is 1. The van der Waals surface area contributed by atoms with Gasteiger partial charge in [-0.1, -0.05) is 6.92 Å². The van der Waals surface area contributed by atoms with Gasteiger partial charge in [-0.2, -0.15) is 0 Å². The Labute approximate surface area is 111 Å². The molecule has 2 rings (SSSR count). The summed E-state index contributed by atoms with van der Waals surface area (Å²) in [6.07, 6.45) is 4.05. The molecule has 106 valence electrons. The van der Waals surface area contributed by atoms with E-state index in [1.165, 1.54) is 12.8 Å². The summed E-state index contributed by atoms with van der Waals surface area (Å²) in [6, 6.07) is 1.72. The Morgan fingerprint density at radius 2 is 1.89 bits per heavy atom. The van der Waals surface area contributed by atoms with Crippen molar-refractivity contribution in [2.45, 2.75) is 57.7 Å². The predicted molar refractivity (Wildman–Crippen MR) is 74.5 cm³/mol. The highest BCUT2D eigenvalue weighted by Gasteiger charge is 2.33. The zero-order valence-electron chi connectivity index (χ0n) is 11.6. The minimum atomic E-state index is -2.73. The van der Waals surface area contributed by atoms with Gasteiger partial charge in [0, 0.05) is 24.7 Å². The molecule has 4 nitrogen and oxygen atoms in total. The van der Waals surface area contributed by atoms with Gasteiger partial charge >= 0.3 is 0 Å². The molecule has 0 aromatic rings. The van der Waals surface area contributed by atoms with Crippen molar-refractivity contribution >= 4 is 9.84 Å². The molecule has 2 atom stereocenters. The van der Waals surface area contributed by atoms with Gasteiger partial charge in [-0.15, -0.1) is 0 Å². The summed E-state index contributed by atoms with van der Waals surface area (Å²) in [5.41, 5.74) is 0. The fourth-order valence-electron chi connectivity index (χ4n) is 3.42. The van der Waals surface area contributed by atoms with E-state index in [1.807, 2.05) is 0 Å². The largest absolute Gasteiger partial charge is 0.314 e. The fourth-order valence-corrected chi connectivity index (χ4v) is 4.88. The van der Waals surface area contributed by atoms with E-state index in [2.05, 4.69) is 24.1 Å². The van der Waals surface area contributed by atoms with E-state index < -0.39 is 9.84 Å². The first kappa shape index (κ1) is 14.3. The highest BCUT2D eigenvalue weighted by Crippen LogP contribution is 2.26. The Hall–Kier alpha value is -0.130. The Bertz CT molecular complexity index is 355. The lowest BCUT2D eigenvalue weighted by molar-refractivity contribution is 0.0824. The predicted octanol–water partition coefficient (Wildman–Crippen LogP) is 1.03. The summed E-state index contributed by atoms with van der Waals surface area (Å²) < 4.78 is 22.9. The molecular weight excluding hydrogens is 248 g/mol. The summed E-state index contributed by atoms with van der Waals surface area (Å²) in [4.78, 5) is 2.54. The van der Waals surface area contributed by atoms with Crippen molar-refractivity contribution in [3.8, 4) is 0 Å². The van der Waals surface area contributed by atoms with Crippen molar-refractivity contribution in [1.82, 2.24) is 10.2 Å². The monoisotopic (exact) mass is 274 g/mol. The van der Waals surface area contributed by atoms with Crippen molar-refractivity contribution in [3.05, 3.63) is 0 Å². The lowest BCUT2D eigenvalue weighted by Gasteiger charge is -2.43. The van der Waals surface area contributed by atoms with Crippen LogP contribution in [0, 0.1) is 0 Å². The van der Waals surface area contributed by atoms with Crippen molar-refractivity contribution in [1.29, 1.82) is 0 Å². The lowest BCUT2D eigenvalue weighted by Crippen LogP contribution is -2.53. The Morgan fingerprint density at radius 1 is 1.22 bits per heavy atom. The first-order valence-electron chi connectivity index (χ1n) is 7.21. The van der Waals surface area contributed by atoms with Crippen LogP contribution in [0.5, 0.6) is 0 Å². The highest BCUT2D eigenvalue weighted by molar-refractivity contribution is 7.91. The van der Waals surface area contributed by atoms with Gasteiger partial charge in [0.2, 0.25) is 0 Å². The number of rotatable bonds is 3. The van der Waals surface area contributed by atoms with Gasteiger partial charge in [0.1, 0.15) is 9.84 Å². The van der Waals surface area contributed by atoms with E-state index in [0.717, 1.165) is 25.9 Å². The molecule has 18 heavy (non-hydrogen) atoms. The first-order valence-corrected chi connectivity index (χ1v) is 9.03. The molecule has 0 saturated carbocycles. The smallest absolute Gasteiger partial charge is 0.150 e. The van der Waals surface area contributed by atoms with Crippen LogP contribution in [0.15, 0.2) is 0 Å². The van der Waals surface area contributed by atoms with Gasteiger partial charge in [-0.05, 0) is 39.2 Å². The summed E-state index contributed by atoms with van der Waals surface area (Å²) in [5, 5.41) is 3.53. The minimum absolute atomic E-state index is 0.386. The average molecular weight is 274 g/mol. The van der Waals surface area contributed by atoms with Gasteiger partial charge in [-0.3, -0.25) is 4.90 Å². The molecule has 0 bridgehead atoms. The summed E-state index contributed by atoms with van der Waals surface area (Å²) in [7, 11) is -2.73. The molecule has 5 heteroatoms. The normalized spacial score (nSPS) is 34.6. The SMILES string of the molecule is CCNC1CCN(C2CCS(=O)(=O)CC2)C(C)C1. The Morgan fingerprint density at radius 3 is 2.44 bits per heavy atom. The number of sulfone groups is 1. The maximum absolute atomic E-state index is 11.5. The maximum Gasteiger partial charge on any atom is 0.150 e. The van der Waals surface area contributed by atoms with Crippen molar-refractivity contribution < 1.29 is 8.42 Å². The standard InChI is InChI=1S/C13H26N2O2S/c1-3-14-12-4-7-15(11(2)10-12)13-5-8-18(16,17)9-6-13/h11-14H,3-10H2,1-2H3. The second kappa shape index (κ2) is 5.88. The van der Waals surface area contributed by atoms with E-state index in [-0.39, 0.29) is 0 Å². The number of nitrogens with one attached hydrogen (secondary N) is 1. The topological polar surface area (TPSA) is 49.4 Å². The Kier molecular flexibility index (Phi) is 4.67. The van der Waals surface area contributed by atoms with Crippen LogP contribution >= 0.6 is 0 Å². The quantitative estimate of drug-likeness (QED) is 0.835. The molecule has 0 aromatic carbocycles. The van der Waals surface area contributed by atoms with Gasteiger partial charge in [0.25, 0.3) is 0 Å². The van der Waals surface area contributed by atoms with Crippen LogP contribution < -0.4 is 5.32 Å². The molecule has 0 spiro atoms. The van der Waals surface area contributed by atoms with E-state index in [9.17, 15) is 8.42 Å². The van der Waals surface area contributed by atoms with Crippen LogP contribution in [-0.4, -0.2) is 56.0 Å². The van der Waals surface area contributed by atoms with Gasteiger partial charge in [0.05, 0.1) is 11.5 Å². The van der Waals surface area contributed by atoms with Crippen molar-refractivity contribution in [2.24, 2.45) is 0 Å². The molecule has 2 fully saturated rings. The molecule has 0 aliphatic carbocycles. The third kappa shape index (κ3) is 3.45. The molecule has 0 amide bonds. The molecule has 1 N–H and O–H groups in total. The number of piperidine rings is 1. The highest BCUT2D eigenvalue weighted by atomic mass is 32.2.